The first kappa shape index (κ1) is 10.9. The van der Waals surface area contributed by atoms with Crippen LogP contribution in [0.4, 0.5) is 4.39 Å². The lowest BCUT2D eigenvalue weighted by atomic mass is 10.2. The quantitative estimate of drug-likeness (QED) is 0.808. The van der Waals surface area contributed by atoms with E-state index in [0.29, 0.717) is 11.7 Å². The van der Waals surface area contributed by atoms with E-state index < -0.39 is 10.8 Å². The first-order chi connectivity index (χ1) is 7.66. The number of benzene rings is 1. The summed E-state index contributed by atoms with van der Waals surface area (Å²) in [6.45, 7) is 0.416. The van der Waals surface area contributed by atoms with Crippen LogP contribution in [0.25, 0.3) is 0 Å². The smallest absolute Gasteiger partial charge is 0.221 e. The molecule has 0 saturated carbocycles. The Morgan fingerprint density at radius 2 is 2.31 bits per heavy atom. The van der Waals surface area contributed by atoms with Crippen LogP contribution in [0.1, 0.15) is 5.56 Å². The van der Waals surface area contributed by atoms with Crippen LogP contribution in [0.2, 0.25) is 0 Å². The standard InChI is InChI=1S/C10H10FN3OS/c1-16(15)10-13-12-7-14(10)6-8-3-2-4-9(11)5-8/h2-5,7H,6H2,1H3. The van der Waals surface area contributed by atoms with Gasteiger partial charge < -0.3 is 4.57 Å². The summed E-state index contributed by atoms with van der Waals surface area (Å²) in [5, 5.41) is 7.83. The SMILES string of the molecule is CS(=O)c1nncn1Cc1cccc(F)c1. The van der Waals surface area contributed by atoms with Gasteiger partial charge in [-0.25, -0.2) is 4.39 Å². The summed E-state index contributed by atoms with van der Waals surface area (Å²) in [7, 11) is -1.19. The Kier molecular flexibility index (Phi) is 3.09. The Balaban J connectivity index is 2.27. The molecule has 0 saturated heterocycles. The van der Waals surface area contributed by atoms with Gasteiger partial charge in [0.15, 0.2) is 0 Å². The zero-order valence-electron chi connectivity index (χ0n) is 8.63. The van der Waals surface area contributed by atoms with Gasteiger partial charge >= 0.3 is 0 Å². The van der Waals surface area contributed by atoms with Gasteiger partial charge in [0.25, 0.3) is 0 Å². The van der Waals surface area contributed by atoms with Crippen molar-refractivity contribution in [2.45, 2.75) is 11.7 Å². The number of aromatic nitrogens is 3. The molecule has 0 fully saturated rings. The Morgan fingerprint density at radius 3 is 3.00 bits per heavy atom. The van der Waals surface area contributed by atoms with Crippen molar-refractivity contribution in [2.75, 3.05) is 6.26 Å². The molecule has 1 aromatic carbocycles. The minimum absolute atomic E-state index is 0.287. The molecule has 2 aromatic rings. The Hall–Kier alpha value is -1.56. The van der Waals surface area contributed by atoms with Gasteiger partial charge in [-0.15, -0.1) is 10.2 Å². The monoisotopic (exact) mass is 239 g/mol. The molecule has 0 amide bonds. The molecule has 0 aliphatic heterocycles. The van der Waals surface area contributed by atoms with Crippen LogP contribution in [0, 0.1) is 5.82 Å². The molecular formula is C10H10FN3OS. The Morgan fingerprint density at radius 1 is 1.50 bits per heavy atom. The van der Waals surface area contributed by atoms with Crippen molar-refractivity contribution in [3.8, 4) is 0 Å². The van der Waals surface area contributed by atoms with E-state index in [1.165, 1.54) is 24.7 Å². The first-order valence-electron chi connectivity index (χ1n) is 4.62. The predicted octanol–water partition coefficient (Wildman–Crippen LogP) is 1.20. The third kappa shape index (κ3) is 2.33. The molecule has 0 aliphatic rings. The molecule has 2 rings (SSSR count). The number of nitrogens with zero attached hydrogens (tertiary/aromatic N) is 3. The van der Waals surface area contributed by atoms with Gasteiger partial charge in [0.05, 0.1) is 17.3 Å². The van der Waals surface area contributed by atoms with E-state index >= 15 is 0 Å². The molecule has 0 radical (unpaired) electrons. The third-order valence-corrected chi connectivity index (χ3v) is 2.91. The van der Waals surface area contributed by atoms with Gasteiger partial charge in [-0.1, -0.05) is 12.1 Å². The molecular weight excluding hydrogens is 229 g/mol. The minimum atomic E-state index is -1.19. The minimum Gasteiger partial charge on any atom is -0.302 e. The van der Waals surface area contributed by atoms with E-state index in [4.69, 9.17) is 0 Å². The number of rotatable bonds is 3. The summed E-state index contributed by atoms with van der Waals surface area (Å²) in [5.74, 6) is -0.287. The van der Waals surface area contributed by atoms with Crippen molar-refractivity contribution in [1.82, 2.24) is 14.8 Å². The van der Waals surface area contributed by atoms with E-state index in [1.54, 1.807) is 16.7 Å². The largest absolute Gasteiger partial charge is 0.302 e. The molecule has 1 atom stereocenters. The van der Waals surface area contributed by atoms with Gasteiger partial charge in [0, 0.05) is 6.26 Å². The second-order valence-electron chi connectivity index (χ2n) is 3.33. The highest BCUT2D eigenvalue weighted by Gasteiger charge is 2.08. The van der Waals surface area contributed by atoms with Crippen LogP contribution < -0.4 is 0 Å². The van der Waals surface area contributed by atoms with Gasteiger partial charge in [0.2, 0.25) is 5.16 Å². The maximum absolute atomic E-state index is 13.0. The van der Waals surface area contributed by atoms with E-state index in [2.05, 4.69) is 10.2 Å². The fourth-order valence-corrected chi connectivity index (χ4v) is 2.01. The van der Waals surface area contributed by atoms with Gasteiger partial charge in [0.1, 0.15) is 12.1 Å². The number of hydrogen-bond acceptors (Lipinski definition) is 3. The third-order valence-electron chi connectivity index (χ3n) is 2.08. The zero-order valence-corrected chi connectivity index (χ0v) is 9.45. The highest BCUT2D eigenvalue weighted by atomic mass is 32.2. The molecule has 1 aromatic heterocycles. The fraction of sp³-hybridized carbons (Fsp3) is 0.200. The lowest BCUT2D eigenvalue weighted by Crippen LogP contribution is -2.05. The summed E-state index contributed by atoms with van der Waals surface area (Å²) in [6, 6.07) is 6.25. The van der Waals surface area contributed by atoms with Crippen LogP contribution in [-0.4, -0.2) is 25.2 Å². The lowest BCUT2D eigenvalue weighted by Gasteiger charge is -2.04. The predicted molar refractivity (Wildman–Crippen MR) is 57.9 cm³/mol. The molecule has 84 valence electrons. The molecule has 1 heterocycles. The van der Waals surface area contributed by atoms with Gasteiger partial charge in [-0.05, 0) is 17.7 Å². The molecule has 16 heavy (non-hydrogen) atoms. The van der Waals surface area contributed by atoms with E-state index in [0.717, 1.165) is 5.56 Å². The summed E-state index contributed by atoms with van der Waals surface area (Å²) in [4.78, 5) is 0. The second kappa shape index (κ2) is 4.52. The van der Waals surface area contributed by atoms with Crippen molar-refractivity contribution in [2.24, 2.45) is 0 Å². The molecule has 1 unspecified atom stereocenters. The maximum atomic E-state index is 13.0. The number of halogens is 1. The molecule has 6 heteroatoms. The molecule has 0 aliphatic carbocycles. The number of hydrogen-bond donors (Lipinski definition) is 0. The van der Waals surface area contributed by atoms with Crippen LogP contribution in [0.15, 0.2) is 35.7 Å². The van der Waals surface area contributed by atoms with E-state index in [9.17, 15) is 8.60 Å². The summed E-state index contributed by atoms with van der Waals surface area (Å²) >= 11 is 0. The Bertz CT molecular complexity index is 526. The van der Waals surface area contributed by atoms with Crippen molar-refractivity contribution in [1.29, 1.82) is 0 Å². The topological polar surface area (TPSA) is 47.8 Å². The zero-order chi connectivity index (χ0) is 11.5. The average Bonchev–Trinajstić information content (AvgIpc) is 2.66. The van der Waals surface area contributed by atoms with Gasteiger partial charge in [-0.2, -0.15) is 0 Å². The van der Waals surface area contributed by atoms with Crippen LogP contribution in [0.3, 0.4) is 0 Å². The molecule has 4 nitrogen and oxygen atoms in total. The van der Waals surface area contributed by atoms with Crippen LogP contribution in [-0.2, 0) is 17.3 Å². The molecule has 0 spiro atoms. The van der Waals surface area contributed by atoms with Crippen LogP contribution in [0.5, 0.6) is 0 Å². The molecule has 0 bridgehead atoms. The summed E-state index contributed by atoms with van der Waals surface area (Å²) in [6.07, 6.45) is 3.02. The van der Waals surface area contributed by atoms with Crippen LogP contribution >= 0.6 is 0 Å². The first-order valence-corrected chi connectivity index (χ1v) is 6.18. The lowest BCUT2D eigenvalue weighted by molar-refractivity contribution is 0.619. The fourth-order valence-electron chi connectivity index (χ4n) is 1.41. The van der Waals surface area contributed by atoms with E-state index in [-0.39, 0.29) is 5.82 Å². The maximum Gasteiger partial charge on any atom is 0.221 e. The summed E-state index contributed by atoms with van der Waals surface area (Å²) < 4.78 is 25.9. The average molecular weight is 239 g/mol. The van der Waals surface area contributed by atoms with Crippen molar-refractivity contribution < 1.29 is 8.60 Å². The second-order valence-corrected chi connectivity index (χ2v) is 4.60. The van der Waals surface area contributed by atoms with Gasteiger partial charge in [-0.3, -0.25) is 4.21 Å². The highest BCUT2D eigenvalue weighted by Crippen LogP contribution is 2.08. The van der Waals surface area contributed by atoms with Crippen molar-refractivity contribution in [3.05, 3.63) is 42.0 Å². The van der Waals surface area contributed by atoms with Crippen molar-refractivity contribution in [3.63, 3.8) is 0 Å². The Labute approximate surface area is 94.6 Å². The van der Waals surface area contributed by atoms with Crippen molar-refractivity contribution >= 4 is 10.8 Å². The highest BCUT2D eigenvalue weighted by molar-refractivity contribution is 7.84. The normalized spacial score (nSPS) is 12.6. The van der Waals surface area contributed by atoms with E-state index in [1.807, 2.05) is 0 Å². The summed E-state index contributed by atoms with van der Waals surface area (Å²) in [5.41, 5.74) is 0.784. The molecule has 0 N–H and O–H groups in total.